The summed E-state index contributed by atoms with van der Waals surface area (Å²) in [6.45, 7) is 5.28. The summed E-state index contributed by atoms with van der Waals surface area (Å²) in [4.78, 5) is 14.3. The predicted molar refractivity (Wildman–Crippen MR) is 104 cm³/mol. The van der Waals surface area contributed by atoms with Crippen molar-refractivity contribution in [1.82, 2.24) is 9.62 Å². The molecule has 1 saturated heterocycles. The van der Waals surface area contributed by atoms with Gasteiger partial charge in [-0.2, -0.15) is 0 Å². The molecule has 0 aliphatic carbocycles. The highest BCUT2D eigenvalue weighted by molar-refractivity contribution is 7.99. The lowest BCUT2D eigenvalue weighted by atomic mass is 9.99. The molecular weight excluding hydrogens is 356 g/mol. The Bertz CT molecular complexity index is 691. The lowest BCUT2D eigenvalue weighted by Crippen LogP contribution is -2.40. The van der Waals surface area contributed by atoms with Crippen LogP contribution in [0.1, 0.15) is 30.9 Å². The monoisotopic (exact) mass is 384 g/mol. The highest BCUT2D eigenvalue weighted by atomic mass is 32.2. The first kappa shape index (κ1) is 20.3. The number of hydrogen-bond donors (Lipinski definition) is 1. The summed E-state index contributed by atoms with van der Waals surface area (Å²) < 4.78 is 25.8. The van der Waals surface area contributed by atoms with Crippen LogP contribution in [0.3, 0.4) is 0 Å². The third-order valence-electron chi connectivity index (χ3n) is 4.56. The van der Waals surface area contributed by atoms with Crippen LogP contribution in [0.15, 0.2) is 24.3 Å². The first-order chi connectivity index (χ1) is 11.8. The van der Waals surface area contributed by atoms with Gasteiger partial charge in [0, 0.05) is 24.9 Å². The van der Waals surface area contributed by atoms with Crippen LogP contribution < -0.4 is 4.72 Å². The average molecular weight is 385 g/mol. The molecule has 2 rings (SSSR count). The van der Waals surface area contributed by atoms with Crippen molar-refractivity contribution in [2.45, 2.75) is 38.5 Å². The van der Waals surface area contributed by atoms with Gasteiger partial charge in [0.1, 0.15) is 0 Å². The lowest BCUT2D eigenvalue weighted by Gasteiger charge is -2.17. The van der Waals surface area contributed by atoms with Crippen molar-refractivity contribution in [3.63, 3.8) is 0 Å². The summed E-state index contributed by atoms with van der Waals surface area (Å²) in [7, 11) is -3.26. The Morgan fingerprint density at radius 2 is 2.04 bits per heavy atom. The van der Waals surface area contributed by atoms with Gasteiger partial charge in [0.05, 0.1) is 12.0 Å². The fourth-order valence-corrected chi connectivity index (χ4v) is 5.08. The number of rotatable bonds is 8. The standard InChI is InChI=1S/C18H28N2O3S2/c1-4-7-15-10-20(11-17(15)19-25(3,22)23)18(21)13-24-12-16-9-6-5-8-14(16)2/h5-6,8-9,15,17,19H,4,7,10-13H2,1-3H3/t15-,17-/m1/s1. The topological polar surface area (TPSA) is 66.5 Å². The van der Waals surface area contributed by atoms with Crippen LogP contribution >= 0.6 is 11.8 Å². The molecule has 140 valence electrons. The summed E-state index contributed by atoms with van der Waals surface area (Å²) in [6, 6.07) is 8.03. The molecule has 0 bridgehead atoms. The first-order valence-corrected chi connectivity index (χ1v) is 11.7. The lowest BCUT2D eigenvalue weighted by molar-refractivity contribution is -0.127. The zero-order valence-corrected chi connectivity index (χ0v) is 16.8. The Hall–Kier alpha value is -1.05. The summed E-state index contributed by atoms with van der Waals surface area (Å²) in [6.07, 6.45) is 3.09. The number of thioether (sulfide) groups is 1. The van der Waals surface area contributed by atoms with E-state index in [9.17, 15) is 13.2 Å². The van der Waals surface area contributed by atoms with Crippen molar-refractivity contribution in [1.29, 1.82) is 0 Å². The van der Waals surface area contributed by atoms with Crippen LogP contribution in [-0.2, 0) is 20.6 Å². The van der Waals surface area contributed by atoms with E-state index in [0.717, 1.165) is 18.6 Å². The molecule has 7 heteroatoms. The van der Waals surface area contributed by atoms with Crippen molar-refractivity contribution >= 4 is 27.7 Å². The number of sulfonamides is 1. The maximum Gasteiger partial charge on any atom is 0.232 e. The number of carbonyl (C=O) groups excluding carboxylic acids is 1. The molecule has 25 heavy (non-hydrogen) atoms. The second-order valence-electron chi connectivity index (χ2n) is 6.76. The largest absolute Gasteiger partial charge is 0.340 e. The van der Waals surface area contributed by atoms with Gasteiger partial charge < -0.3 is 4.90 Å². The fourth-order valence-electron chi connectivity index (χ4n) is 3.26. The molecule has 0 unspecified atom stereocenters. The van der Waals surface area contributed by atoms with Crippen molar-refractivity contribution in [3.05, 3.63) is 35.4 Å². The van der Waals surface area contributed by atoms with Crippen LogP contribution in [0.25, 0.3) is 0 Å². The molecular formula is C18H28N2O3S2. The quantitative estimate of drug-likeness (QED) is 0.747. The van der Waals surface area contributed by atoms with E-state index in [4.69, 9.17) is 0 Å². The van der Waals surface area contributed by atoms with Gasteiger partial charge in [0.15, 0.2) is 0 Å². The number of hydrogen-bond acceptors (Lipinski definition) is 4. The van der Waals surface area contributed by atoms with Gasteiger partial charge in [-0.1, -0.05) is 37.6 Å². The van der Waals surface area contributed by atoms with Gasteiger partial charge in [-0.15, -0.1) is 11.8 Å². The second-order valence-corrected chi connectivity index (χ2v) is 9.53. The van der Waals surface area contributed by atoms with Crippen molar-refractivity contribution in [2.24, 2.45) is 5.92 Å². The molecule has 1 amide bonds. The summed E-state index contributed by atoms with van der Waals surface area (Å²) in [5.74, 6) is 1.54. The minimum atomic E-state index is -3.26. The average Bonchev–Trinajstić information content (AvgIpc) is 2.90. The Labute approximate surface area is 155 Å². The van der Waals surface area contributed by atoms with Crippen LogP contribution in [0.5, 0.6) is 0 Å². The molecule has 1 fully saturated rings. The van der Waals surface area contributed by atoms with Gasteiger partial charge >= 0.3 is 0 Å². The van der Waals surface area contributed by atoms with Gasteiger partial charge in [-0.25, -0.2) is 13.1 Å². The zero-order chi connectivity index (χ0) is 18.4. The van der Waals surface area contributed by atoms with Crippen LogP contribution in [-0.4, -0.2) is 50.4 Å². The molecule has 2 atom stereocenters. The number of aryl methyl sites for hydroxylation is 1. The van der Waals surface area contributed by atoms with Gasteiger partial charge in [-0.3, -0.25) is 4.79 Å². The van der Waals surface area contributed by atoms with Crippen molar-refractivity contribution in [2.75, 3.05) is 25.1 Å². The number of nitrogens with one attached hydrogen (secondary N) is 1. The molecule has 0 radical (unpaired) electrons. The summed E-state index contributed by atoms with van der Waals surface area (Å²) >= 11 is 1.61. The second kappa shape index (κ2) is 9.05. The predicted octanol–water partition coefficient (Wildman–Crippen LogP) is 2.40. The summed E-state index contributed by atoms with van der Waals surface area (Å²) in [5, 5.41) is 0. The Morgan fingerprint density at radius 1 is 1.32 bits per heavy atom. The molecule has 1 aromatic rings. The maximum atomic E-state index is 12.5. The van der Waals surface area contributed by atoms with E-state index in [1.165, 1.54) is 17.4 Å². The Morgan fingerprint density at radius 3 is 2.68 bits per heavy atom. The van der Waals surface area contributed by atoms with E-state index in [-0.39, 0.29) is 17.9 Å². The van der Waals surface area contributed by atoms with Crippen molar-refractivity contribution < 1.29 is 13.2 Å². The number of nitrogens with zero attached hydrogens (tertiary/aromatic N) is 1. The van der Waals surface area contributed by atoms with E-state index in [0.29, 0.717) is 18.8 Å². The van der Waals surface area contributed by atoms with Gasteiger partial charge in [0.25, 0.3) is 0 Å². The van der Waals surface area contributed by atoms with Crippen LogP contribution in [0.2, 0.25) is 0 Å². The van der Waals surface area contributed by atoms with E-state index >= 15 is 0 Å². The third-order valence-corrected chi connectivity index (χ3v) is 6.26. The van der Waals surface area contributed by atoms with E-state index in [2.05, 4.69) is 30.7 Å². The molecule has 1 aliphatic rings. The normalized spacial score (nSPS) is 20.8. The molecule has 1 aliphatic heterocycles. The highest BCUT2D eigenvalue weighted by Gasteiger charge is 2.35. The Kier molecular flexibility index (Phi) is 7.34. The van der Waals surface area contributed by atoms with Crippen LogP contribution in [0.4, 0.5) is 0 Å². The molecule has 0 aromatic heterocycles. The number of benzene rings is 1. The van der Waals surface area contributed by atoms with E-state index in [1.807, 2.05) is 17.0 Å². The van der Waals surface area contributed by atoms with Crippen molar-refractivity contribution in [3.8, 4) is 0 Å². The minimum absolute atomic E-state index is 0.0949. The molecule has 5 nitrogen and oxygen atoms in total. The highest BCUT2D eigenvalue weighted by Crippen LogP contribution is 2.24. The fraction of sp³-hybridized carbons (Fsp3) is 0.611. The van der Waals surface area contributed by atoms with E-state index in [1.54, 1.807) is 11.8 Å². The number of carbonyl (C=O) groups is 1. The third kappa shape index (κ3) is 6.31. The summed E-state index contributed by atoms with van der Waals surface area (Å²) in [5.41, 5.74) is 2.49. The van der Waals surface area contributed by atoms with E-state index < -0.39 is 10.0 Å². The number of likely N-dealkylation sites (tertiary alicyclic amines) is 1. The molecule has 1 aromatic carbocycles. The minimum Gasteiger partial charge on any atom is -0.340 e. The molecule has 1 N–H and O–H groups in total. The SMILES string of the molecule is CCC[C@@H]1CN(C(=O)CSCc2ccccc2C)C[C@H]1NS(C)(=O)=O. The zero-order valence-electron chi connectivity index (χ0n) is 15.2. The smallest absolute Gasteiger partial charge is 0.232 e. The molecule has 0 saturated carbocycles. The van der Waals surface area contributed by atoms with Crippen LogP contribution in [0, 0.1) is 12.8 Å². The molecule has 1 heterocycles. The number of amides is 1. The maximum absolute atomic E-state index is 12.5. The Balaban J connectivity index is 1.87. The molecule has 0 spiro atoms. The van der Waals surface area contributed by atoms with Gasteiger partial charge in [-0.05, 0) is 30.4 Å². The first-order valence-electron chi connectivity index (χ1n) is 8.67. The van der Waals surface area contributed by atoms with Gasteiger partial charge in [0.2, 0.25) is 15.9 Å².